The van der Waals surface area contributed by atoms with Gasteiger partial charge in [0.2, 0.25) is 0 Å². The number of rotatable bonds is 1. The van der Waals surface area contributed by atoms with Gasteiger partial charge in [0.1, 0.15) is 5.15 Å². The first kappa shape index (κ1) is 13.3. The molecular formula is C11H4Cl5N. The highest BCUT2D eigenvalue weighted by Gasteiger charge is 2.13. The lowest BCUT2D eigenvalue weighted by atomic mass is 10.1. The molecule has 1 heterocycles. The van der Waals surface area contributed by atoms with Crippen LogP contribution < -0.4 is 0 Å². The summed E-state index contributed by atoms with van der Waals surface area (Å²) in [4.78, 5) is 3.96. The number of pyridine rings is 1. The fourth-order valence-electron chi connectivity index (χ4n) is 1.37. The smallest absolute Gasteiger partial charge is 0.138 e. The maximum Gasteiger partial charge on any atom is 0.138 e. The van der Waals surface area contributed by atoms with Crippen LogP contribution in [-0.2, 0) is 0 Å². The Morgan fingerprint density at radius 3 is 1.94 bits per heavy atom. The topological polar surface area (TPSA) is 12.9 Å². The molecule has 1 nitrogen and oxygen atoms in total. The summed E-state index contributed by atoms with van der Waals surface area (Å²) < 4.78 is 0. The summed E-state index contributed by atoms with van der Waals surface area (Å²) in [5.41, 5.74) is 1.25. The Bertz CT molecular complexity index is 539. The molecule has 0 atom stereocenters. The largest absolute Gasteiger partial charge is 0.244 e. The zero-order chi connectivity index (χ0) is 12.6. The van der Waals surface area contributed by atoms with E-state index in [2.05, 4.69) is 4.98 Å². The van der Waals surface area contributed by atoms with E-state index >= 15 is 0 Å². The third-order valence-electron chi connectivity index (χ3n) is 2.13. The molecule has 0 saturated heterocycles. The van der Waals surface area contributed by atoms with Crippen molar-refractivity contribution in [3.63, 3.8) is 0 Å². The van der Waals surface area contributed by atoms with E-state index in [1.165, 1.54) is 6.20 Å². The molecule has 0 bridgehead atoms. The standard InChI is InChI=1S/C11H4Cl5N/c12-6-1-2-17-11(16)9(6)5-3-7(13)10(15)8(14)4-5/h1-4H. The van der Waals surface area contributed by atoms with Gasteiger partial charge in [-0.05, 0) is 23.8 Å². The van der Waals surface area contributed by atoms with Crippen LogP contribution in [0.2, 0.25) is 25.2 Å². The van der Waals surface area contributed by atoms with Crippen LogP contribution in [0.15, 0.2) is 24.4 Å². The van der Waals surface area contributed by atoms with Crippen molar-refractivity contribution in [1.82, 2.24) is 4.98 Å². The maximum atomic E-state index is 6.06. The second-order valence-electron chi connectivity index (χ2n) is 3.21. The van der Waals surface area contributed by atoms with Crippen LogP contribution in [0.1, 0.15) is 0 Å². The van der Waals surface area contributed by atoms with Gasteiger partial charge in [0.15, 0.2) is 0 Å². The summed E-state index contributed by atoms with van der Waals surface area (Å²) in [5, 5.41) is 1.73. The fourth-order valence-corrected chi connectivity index (χ4v) is 2.54. The number of halogens is 5. The molecular weight excluding hydrogens is 323 g/mol. The van der Waals surface area contributed by atoms with Gasteiger partial charge in [-0.15, -0.1) is 0 Å². The summed E-state index contributed by atoms with van der Waals surface area (Å²) in [6, 6.07) is 4.92. The average molecular weight is 327 g/mol. The van der Waals surface area contributed by atoms with Crippen LogP contribution in [0.3, 0.4) is 0 Å². The van der Waals surface area contributed by atoms with Gasteiger partial charge in [0, 0.05) is 11.8 Å². The lowest BCUT2D eigenvalue weighted by Gasteiger charge is -2.08. The van der Waals surface area contributed by atoms with Gasteiger partial charge in [0.05, 0.1) is 20.1 Å². The molecule has 6 heteroatoms. The summed E-state index contributed by atoms with van der Waals surface area (Å²) >= 11 is 29.8. The van der Waals surface area contributed by atoms with E-state index in [4.69, 9.17) is 58.0 Å². The van der Waals surface area contributed by atoms with E-state index in [0.717, 1.165) is 0 Å². The monoisotopic (exact) mass is 325 g/mol. The Balaban J connectivity index is 2.69. The zero-order valence-corrected chi connectivity index (χ0v) is 11.9. The van der Waals surface area contributed by atoms with Gasteiger partial charge in [-0.2, -0.15) is 0 Å². The molecule has 0 spiro atoms. The SMILES string of the molecule is Clc1cc(-c2c(Cl)ccnc2Cl)cc(Cl)c1Cl. The maximum absolute atomic E-state index is 6.06. The Labute approximate surface area is 123 Å². The quantitative estimate of drug-likeness (QED) is 0.461. The predicted octanol–water partition coefficient (Wildman–Crippen LogP) is 6.02. The van der Waals surface area contributed by atoms with Gasteiger partial charge in [0.25, 0.3) is 0 Å². The average Bonchev–Trinajstić information content (AvgIpc) is 2.25. The molecule has 0 aliphatic rings. The van der Waals surface area contributed by atoms with E-state index in [0.29, 0.717) is 31.2 Å². The molecule has 0 N–H and O–H groups in total. The van der Waals surface area contributed by atoms with Crippen molar-refractivity contribution in [2.45, 2.75) is 0 Å². The number of hydrogen-bond acceptors (Lipinski definition) is 1. The second kappa shape index (κ2) is 5.21. The highest BCUT2D eigenvalue weighted by molar-refractivity contribution is 6.48. The third-order valence-corrected chi connectivity index (χ3v) is 3.92. The van der Waals surface area contributed by atoms with Crippen LogP contribution in [0.5, 0.6) is 0 Å². The molecule has 0 saturated carbocycles. The van der Waals surface area contributed by atoms with Crippen molar-refractivity contribution in [1.29, 1.82) is 0 Å². The van der Waals surface area contributed by atoms with Crippen LogP contribution in [0.25, 0.3) is 11.1 Å². The predicted molar refractivity (Wildman–Crippen MR) is 74.7 cm³/mol. The third kappa shape index (κ3) is 2.64. The lowest BCUT2D eigenvalue weighted by molar-refractivity contribution is 1.33. The minimum absolute atomic E-state index is 0.284. The molecule has 2 rings (SSSR count). The van der Waals surface area contributed by atoms with Gasteiger partial charge < -0.3 is 0 Å². The van der Waals surface area contributed by atoms with Crippen LogP contribution in [-0.4, -0.2) is 4.98 Å². The molecule has 17 heavy (non-hydrogen) atoms. The molecule has 0 amide bonds. The van der Waals surface area contributed by atoms with Gasteiger partial charge >= 0.3 is 0 Å². The Morgan fingerprint density at radius 1 is 0.824 bits per heavy atom. The number of benzene rings is 1. The summed E-state index contributed by atoms with van der Waals surface area (Å²) in [6.07, 6.45) is 1.52. The second-order valence-corrected chi connectivity index (χ2v) is 5.17. The van der Waals surface area contributed by atoms with Crippen LogP contribution in [0, 0.1) is 0 Å². The Hall–Kier alpha value is -0.180. The molecule has 88 valence electrons. The van der Waals surface area contributed by atoms with Gasteiger partial charge in [-0.1, -0.05) is 58.0 Å². The van der Waals surface area contributed by atoms with E-state index in [9.17, 15) is 0 Å². The molecule has 0 radical (unpaired) electrons. The van der Waals surface area contributed by atoms with E-state index in [1.54, 1.807) is 18.2 Å². The minimum Gasteiger partial charge on any atom is -0.244 e. The normalized spacial score (nSPS) is 10.6. The van der Waals surface area contributed by atoms with Gasteiger partial charge in [-0.3, -0.25) is 0 Å². The van der Waals surface area contributed by atoms with Crippen molar-refractivity contribution in [3.8, 4) is 11.1 Å². The van der Waals surface area contributed by atoms with Crippen LogP contribution in [0.4, 0.5) is 0 Å². The molecule has 1 aromatic carbocycles. The summed E-state index contributed by atoms with van der Waals surface area (Å²) in [7, 11) is 0. The first-order valence-corrected chi connectivity index (χ1v) is 6.34. The van der Waals surface area contributed by atoms with E-state index in [1.807, 2.05) is 0 Å². The zero-order valence-electron chi connectivity index (χ0n) is 8.15. The van der Waals surface area contributed by atoms with Crippen molar-refractivity contribution >= 4 is 58.0 Å². The molecule has 0 aliphatic heterocycles. The summed E-state index contributed by atoms with van der Waals surface area (Å²) in [6.45, 7) is 0. The first-order chi connectivity index (χ1) is 8.00. The molecule has 1 aromatic heterocycles. The lowest BCUT2D eigenvalue weighted by Crippen LogP contribution is -1.86. The molecule has 2 aromatic rings. The Morgan fingerprint density at radius 2 is 1.41 bits per heavy atom. The Kier molecular flexibility index (Phi) is 4.06. The molecule has 0 aliphatic carbocycles. The minimum atomic E-state index is 0.284. The van der Waals surface area contributed by atoms with Crippen molar-refractivity contribution in [2.75, 3.05) is 0 Å². The van der Waals surface area contributed by atoms with Crippen molar-refractivity contribution in [3.05, 3.63) is 49.6 Å². The molecule has 0 unspecified atom stereocenters. The number of aromatic nitrogens is 1. The van der Waals surface area contributed by atoms with Crippen molar-refractivity contribution in [2.24, 2.45) is 0 Å². The molecule has 0 fully saturated rings. The highest BCUT2D eigenvalue weighted by Crippen LogP contribution is 2.39. The number of hydrogen-bond donors (Lipinski definition) is 0. The van der Waals surface area contributed by atoms with E-state index in [-0.39, 0.29) is 5.15 Å². The first-order valence-electron chi connectivity index (χ1n) is 4.45. The number of nitrogens with zero attached hydrogens (tertiary/aromatic N) is 1. The van der Waals surface area contributed by atoms with Crippen LogP contribution >= 0.6 is 58.0 Å². The van der Waals surface area contributed by atoms with Crippen molar-refractivity contribution < 1.29 is 0 Å². The highest BCUT2D eigenvalue weighted by atomic mass is 35.5. The summed E-state index contributed by atoms with van der Waals surface area (Å²) in [5.74, 6) is 0. The fraction of sp³-hybridized carbons (Fsp3) is 0. The van der Waals surface area contributed by atoms with E-state index < -0.39 is 0 Å². The van der Waals surface area contributed by atoms with Gasteiger partial charge in [-0.25, -0.2) is 4.98 Å².